The molecule has 102 valence electrons. The number of rotatable bonds is 5. The predicted molar refractivity (Wildman–Crippen MR) is 70.0 cm³/mol. The summed E-state index contributed by atoms with van der Waals surface area (Å²) in [5.74, 6) is 0.610. The van der Waals surface area contributed by atoms with E-state index in [1.807, 2.05) is 12.1 Å². The maximum Gasteiger partial charge on any atom is 0.136 e. The molecule has 5 heteroatoms. The summed E-state index contributed by atoms with van der Waals surface area (Å²) in [7, 11) is 1.57. The van der Waals surface area contributed by atoms with Crippen LogP contribution < -0.4 is 10.1 Å². The Morgan fingerprint density at radius 1 is 1.47 bits per heavy atom. The van der Waals surface area contributed by atoms with Crippen LogP contribution in [-0.4, -0.2) is 39.6 Å². The summed E-state index contributed by atoms with van der Waals surface area (Å²) in [5.41, 5.74) is 1.63. The highest BCUT2D eigenvalue weighted by Gasteiger charge is 2.13. The lowest BCUT2D eigenvalue weighted by Gasteiger charge is -2.23. The minimum Gasteiger partial charge on any atom is -0.495 e. The number of nitrogens with one attached hydrogen (secondary N) is 1. The number of nitriles is 1. The molecule has 2 rings (SSSR count). The average molecular weight is 262 g/mol. The zero-order chi connectivity index (χ0) is 13.5. The third kappa shape index (κ3) is 3.93. The number of nitrogens with zero attached hydrogens (tertiary/aromatic N) is 1. The molecule has 1 aliphatic rings. The molecule has 0 aliphatic carbocycles. The van der Waals surface area contributed by atoms with Crippen LogP contribution in [0, 0.1) is 11.3 Å². The molecule has 1 aromatic rings. The molecule has 1 aromatic carbocycles. The number of hydrogen-bond donors (Lipinski definition) is 1. The number of benzene rings is 1. The number of methoxy groups -OCH3 is 1. The Morgan fingerprint density at radius 3 is 3.05 bits per heavy atom. The van der Waals surface area contributed by atoms with E-state index in [-0.39, 0.29) is 6.10 Å². The third-order valence-electron chi connectivity index (χ3n) is 2.97. The van der Waals surface area contributed by atoms with E-state index in [1.165, 1.54) is 0 Å². The molecule has 0 bridgehead atoms. The van der Waals surface area contributed by atoms with Crippen molar-refractivity contribution in [2.24, 2.45) is 0 Å². The van der Waals surface area contributed by atoms with Gasteiger partial charge in [0.25, 0.3) is 0 Å². The zero-order valence-corrected chi connectivity index (χ0v) is 11.0. The Balaban J connectivity index is 1.84. The summed E-state index contributed by atoms with van der Waals surface area (Å²) in [6.07, 6.45) is 0.119. The first-order valence-corrected chi connectivity index (χ1v) is 6.30. The SMILES string of the molecule is COc1cc(CNCC2COCCO2)ccc1C#N. The van der Waals surface area contributed by atoms with E-state index in [4.69, 9.17) is 19.5 Å². The average Bonchev–Trinajstić information content (AvgIpc) is 2.48. The molecule has 0 spiro atoms. The molecule has 1 aliphatic heterocycles. The second kappa shape index (κ2) is 7.10. The standard InChI is InChI=1S/C14H18N2O3/c1-17-14-6-11(2-3-12(14)7-15)8-16-9-13-10-18-4-5-19-13/h2-3,6,13,16H,4-5,8-10H2,1H3. The van der Waals surface area contributed by atoms with E-state index < -0.39 is 0 Å². The van der Waals surface area contributed by atoms with Crippen molar-refractivity contribution >= 4 is 0 Å². The lowest BCUT2D eigenvalue weighted by atomic mass is 10.1. The van der Waals surface area contributed by atoms with Gasteiger partial charge in [-0.25, -0.2) is 0 Å². The van der Waals surface area contributed by atoms with Gasteiger partial charge in [0.1, 0.15) is 11.8 Å². The highest BCUT2D eigenvalue weighted by Crippen LogP contribution is 2.19. The molecular weight excluding hydrogens is 244 g/mol. The Kier molecular flexibility index (Phi) is 5.16. The van der Waals surface area contributed by atoms with Crippen molar-refractivity contribution in [1.29, 1.82) is 5.26 Å². The van der Waals surface area contributed by atoms with Crippen LogP contribution in [0.1, 0.15) is 11.1 Å². The number of ether oxygens (including phenoxy) is 3. The fourth-order valence-corrected chi connectivity index (χ4v) is 1.97. The van der Waals surface area contributed by atoms with Crippen LogP contribution in [0.15, 0.2) is 18.2 Å². The van der Waals surface area contributed by atoms with Crippen molar-refractivity contribution < 1.29 is 14.2 Å². The van der Waals surface area contributed by atoms with Crippen LogP contribution in [-0.2, 0) is 16.0 Å². The van der Waals surface area contributed by atoms with Crippen molar-refractivity contribution in [2.75, 3.05) is 33.5 Å². The molecule has 0 saturated carbocycles. The van der Waals surface area contributed by atoms with E-state index in [0.29, 0.717) is 37.7 Å². The molecular formula is C14H18N2O3. The maximum absolute atomic E-state index is 8.91. The van der Waals surface area contributed by atoms with E-state index in [2.05, 4.69) is 11.4 Å². The lowest BCUT2D eigenvalue weighted by Crippen LogP contribution is -2.37. The summed E-state index contributed by atoms with van der Waals surface area (Å²) in [6, 6.07) is 7.68. The Labute approximate surface area is 113 Å². The Morgan fingerprint density at radius 2 is 2.37 bits per heavy atom. The van der Waals surface area contributed by atoms with Crippen LogP contribution in [0.25, 0.3) is 0 Å². The van der Waals surface area contributed by atoms with E-state index in [0.717, 1.165) is 12.1 Å². The summed E-state index contributed by atoms with van der Waals surface area (Å²) in [6.45, 7) is 3.45. The van der Waals surface area contributed by atoms with Crippen LogP contribution in [0.2, 0.25) is 0 Å². The van der Waals surface area contributed by atoms with E-state index in [1.54, 1.807) is 13.2 Å². The molecule has 1 N–H and O–H groups in total. The topological polar surface area (TPSA) is 63.5 Å². The second-order valence-corrected chi connectivity index (χ2v) is 4.35. The van der Waals surface area contributed by atoms with Gasteiger partial charge in [-0.1, -0.05) is 6.07 Å². The fraction of sp³-hybridized carbons (Fsp3) is 0.500. The molecule has 1 fully saturated rings. The molecule has 0 amide bonds. The first-order chi connectivity index (χ1) is 9.33. The van der Waals surface area contributed by atoms with Gasteiger partial charge in [0.2, 0.25) is 0 Å². The predicted octanol–water partition coefficient (Wildman–Crippen LogP) is 1.07. The summed E-state index contributed by atoms with van der Waals surface area (Å²) >= 11 is 0. The molecule has 0 aromatic heterocycles. The highest BCUT2D eigenvalue weighted by molar-refractivity contribution is 5.45. The third-order valence-corrected chi connectivity index (χ3v) is 2.97. The first kappa shape index (κ1) is 13.8. The largest absolute Gasteiger partial charge is 0.495 e. The van der Waals surface area contributed by atoms with Gasteiger partial charge in [-0.3, -0.25) is 0 Å². The van der Waals surface area contributed by atoms with Crippen LogP contribution in [0.5, 0.6) is 5.75 Å². The quantitative estimate of drug-likeness (QED) is 0.860. The number of hydrogen-bond acceptors (Lipinski definition) is 5. The molecule has 19 heavy (non-hydrogen) atoms. The van der Waals surface area contributed by atoms with Gasteiger partial charge in [-0.2, -0.15) is 5.26 Å². The van der Waals surface area contributed by atoms with Gasteiger partial charge in [-0.15, -0.1) is 0 Å². The van der Waals surface area contributed by atoms with Gasteiger partial charge in [-0.05, 0) is 17.7 Å². The van der Waals surface area contributed by atoms with Gasteiger partial charge in [0, 0.05) is 13.1 Å². The van der Waals surface area contributed by atoms with Crippen LogP contribution in [0.4, 0.5) is 0 Å². The normalized spacial score (nSPS) is 18.8. The second-order valence-electron chi connectivity index (χ2n) is 4.35. The van der Waals surface area contributed by atoms with Crippen LogP contribution in [0.3, 0.4) is 0 Å². The van der Waals surface area contributed by atoms with Gasteiger partial charge in [0.15, 0.2) is 0 Å². The fourth-order valence-electron chi connectivity index (χ4n) is 1.97. The van der Waals surface area contributed by atoms with Crippen molar-refractivity contribution in [3.8, 4) is 11.8 Å². The summed E-state index contributed by atoms with van der Waals surface area (Å²) < 4.78 is 16.1. The van der Waals surface area contributed by atoms with Crippen molar-refractivity contribution in [3.05, 3.63) is 29.3 Å². The Bertz CT molecular complexity index is 450. The summed E-state index contributed by atoms with van der Waals surface area (Å²) in [4.78, 5) is 0. The van der Waals surface area contributed by atoms with Crippen LogP contribution >= 0.6 is 0 Å². The van der Waals surface area contributed by atoms with Crippen molar-refractivity contribution in [2.45, 2.75) is 12.6 Å². The molecule has 0 radical (unpaired) electrons. The minimum atomic E-state index is 0.119. The summed E-state index contributed by atoms with van der Waals surface area (Å²) in [5, 5.41) is 12.2. The Hall–Kier alpha value is -1.61. The zero-order valence-electron chi connectivity index (χ0n) is 11.0. The molecule has 1 saturated heterocycles. The molecule has 5 nitrogen and oxygen atoms in total. The van der Waals surface area contributed by atoms with Gasteiger partial charge in [0.05, 0.1) is 38.6 Å². The minimum absolute atomic E-state index is 0.119. The van der Waals surface area contributed by atoms with Gasteiger partial charge >= 0.3 is 0 Å². The molecule has 1 unspecified atom stereocenters. The lowest BCUT2D eigenvalue weighted by molar-refractivity contribution is -0.0864. The molecule has 1 heterocycles. The highest BCUT2D eigenvalue weighted by atomic mass is 16.6. The monoisotopic (exact) mass is 262 g/mol. The smallest absolute Gasteiger partial charge is 0.136 e. The van der Waals surface area contributed by atoms with Crippen molar-refractivity contribution in [3.63, 3.8) is 0 Å². The van der Waals surface area contributed by atoms with E-state index >= 15 is 0 Å². The van der Waals surface area contributed by atoms with Crippen molar-refractivity contribution in [1.82, 2.24) is 5.32 Å². The van der Waals surface area contributed by atoms with E-state index in [9.17, 15) is 0 Å². The molecule has 1 atom stereocenters. The van der Waals surface area contributed by atoms with Gasteiger partial charge < -0.3 is 19.5 Å². The first-order valence-electron chi connectivity index (χ1n) is 6.30. The maximum atomic E-state index is 8.91.